The van der Waals surface area contributed by atoms with Gasteiger partial charge >= 0.3 is 0 Å². The van der Waals surface area contributed by atoms with Crippen molar-refractivity contribution >= 4 is 5.91 Å². The summed E-state index contributed by atoms with van der Waals surface area (Å²) in [5.74, 6) is 0.0956. The van der Waals surface area contributed by atoms with E-state index in [0.717, 1.165) is 11.4 Å². The molecule has 2 N–H and O–H groups in total. The first-order valence-electron chi connectivity index (χ1n) is 4.55. The molecule has 0 aromatic carbocycles. The predicted octanol–water partition coefficient (Wildman–Crippen LogP) is 1.66. The van der Waals surface area contributed by atoms with Gasteiger partial charge in [0.15, 0.2) is 0 Å². The van der Waals surface area contributed by atoms with E-state index in [1.54, 1.807) is 0 Å². The fourth-order valence-corrected chi connectivity index (χ4v) is 1.28. The zero-order valence-electron chi connectivity index (χ0n) is 8.40. The largest absolute Gasteiger partial charge is 0.362 e. The third-order valence-corrected chi connectivity index (χ3v) is 2.05. The van der Waals surface area contributed by atoms with Crippen LogP contribution in [-0.2, 0) is 11.3 Å². The number of carbonyl (C=O) groups is 1. The van der Waals surface area contributed by atoms with Crippen LogP contribution in [0.4, 0.5) is 0 Å². The van der Waals surface area contributed by atoms with Crippen LogP contribution in [0.5, 0.6) is 0 Å². The lowest BCUT2D eigenvalue weighted by Crippen LogP contribution is -2.21. The number of H-pyrrole nitrogens is 1. The highest BCUT2D eigenvalue weighted by atomic mass is 16.1. The fourth-order valence-electron chi connectivity index (χ4n) is 1.28. The van der Waals surface area contributed by atoms with Crippen LogP contribution in [0.3, 0.4) is 0 Å². The highest BCUT2D eigenvalue weighted by Crippen LogP contribution is 2.08. The highest BCUT2D eigenvalue weighted by molar-refractivity contribution is 5.75. The molecule has 72 valence electrons. The summed E-state index contributed by atoms with van der Waals surface area (Å²) in [6, 6.07) is 2.06. The Morgan fingerprint density at radius 3 is 2.69 bits per heavy atom. The normalized spacial score (nSPS) is 10.1. The summed E-state index contributed by atoms with van der Waals surface area (Å²) in [6.45, 7) is 6.51. The quantitative estimate of drug-likeness (QED) is 0.730. The van der Waals surface area contributed by atoms with Crippen LogP contribution >= 0.6 is 0 Å². The molecule has 3 nitrogen and oxygen atoms in total. The summed E-state index contributed by atoms with van der Waals surface area (Å²) >= 11 is 0. The lowest BCUT2D eigenvalue weighted by atomic mass is 10.2. The molecule has 1 aromatic heterocycles. The van der Waals surface area contributed by atoms with Crippen molar-refractivity contribution in [1.82, 2.24) is 10.3 Å². The molecule has 1 amide bonds. The van der Waals surface area contributed by atoms with Crippen LogP contribution in [-0.4, -0.2) is 10.9 Å². The molecular weight excluding hydrogens is 164 g/mol. The minimum absolute atomic E-state index is 0.0956. The van der Waals surface area contributed by atoms with E-state index in [-0.39, 0.29) is 5.91 Å². The van der Waals surface area contributed by atoms with E-state index in [1.165, 1.54) is 5.56 Å². The molecule has 13 heavy (non-hydrogen) atoms. The third-order valence-electron chi connectivity index (χ3n) is 2.05. The Morgan fingerprint density at radius 1 is 1.54 bits per heavy atom. The Kier molecular flexibility index (Phi) is 3.12. The molecule has 0 aliphatic heterocycles. The molecule has 0 fully saturated rings. The highest BCUT2D eigenvalue weighted by Gasteiger charge is 2.02. The van der Waals surface area contributed by atoms with Crippen molar-refractivity contribution in [3.63, 3.8) is 0 Å². The number of rotatable bonds is 3. The molecule has 0 unspecified atom stereocenters. The van der Waals surface area contributed by atoms with Gasteiger partial charge in [0.25, 0.3) is 0 Å². The van der Waals surface area contributed by atoms with Crippen molar-refractivity contribution in [3.8, 4) is 0 Å². The number of hydrogen-bond donors (Lipinski definition) is 2. The van der Waals surface area contributed by atoms with E-state index >= 15 is 0 Å². The number of nitrogens with one attached hydrogen (secondary N) is 2. The van der Waals surface area contributed by atoms with Crippen molar-refractivity contribution in [3.05, 3.63) is 23.0 Å². The van der Waals surface area contributed by atoms with E-state index in [0.29, 0.717) is 13.0 Å². The molecule has 1 heterocycles. The van der Waals surface area contributed by atoms with Crippen LogP contribution < -0.4 is 5.32 Å². The molecule has 0 atom stereocenters. The minimum Gasteiger partial charge on any atom is -0.362 e. The standard InChI is InChI=1S/C10H16N2O/c1-4-10(13)11-6-9-5-7(2)12-8(9)3/h5,12H,4,6H2,1-3H3,(H,11,13). The van der Waals surface area contributed by atoms with Gasteiger partial charge in [-0.25, -0.2) is 0 Å². The van der Waals surface area contributed by atoms with Gasteiger partial charge in [-0.1, -0.05) is 6.92 Å². The van der Waals surface area contributed by atoms with Gasteiger partial charge in [0.1, 0.15) is 0 Å². The molecule has 0 saturated carbocycles. The topological polar surface area (TPSA) is 44.9 Å². The lowest BCUT2D eigenvalue weighted by Gasteiger charge is -2.01. The van der Waals surface area contributed by atoms with Crippen LogP contribution in [0, 0.1) is 13.8 Å². The molecule has 0 bridgehead atoms. The summed E-state index contributed by atoms with van der Waals surface area (Å²) in [7, 11) is 0. The van der Waals surface area contributed by atoms with Crippen LogP contribution in [0.25, 0.3) is 0 Å². The van der Waals surface area contributed by atoms with E-state index in [1.807, 2.05) is 20.8 Å². The predicted molar refractivity (Wildman–Crippen MR) is 52.4 cm³/mol. The summed E-state index contributed by atoms with van der Waals surface area (Å²) in [4.78, 5) is 14.2. The molecule has 1 aromatic rings. The number of aromatic amines is 1. The number of aryl methyl sites for hydroxylation is 2. The summed E-state index contributed by atoms with van der Waals surface area (Å²) in [5, 5.41) is 2.84. The molecule has 0 aliphatic rings. The maximum atomic E-state index is 11.0. The van der Waals surface area contributed by atoms with E-state index in [2.05, 4.69) is 16.4 Å². The van der Waals surface area contributed by atoms with Crippen LogP contribution in [0.2, 0.25) is 0 Å². The van der Waals surface area contributed by atoms with Crippen LogP contribution in [0.1, 0.15) is 30.3 Å². The zero-order valence-corrected chi connectivity index (χ0v) is 8.40. The molecule has 0 saturated heterocycles. The van der Waals surface area contributed by atoms with Crippen molar-refractivity contribution in [2.24, 2.45) is 0 Å². The summed E-state index contributed by atoms with van der Waals surface area (Å²) in [6.07, 6.45) is 0.544. The monoisotopic (exact) mass is 180 g/mol. The molecular formula is C10H16N2O. The number of hydrogen-bond acceptors (Lipinski definition) is 1. The van der Waals surface area contributed by atoms with Gasteiger partial charge in [-0.3, -0.25) is 4.79 Å². The van der Waals surface area contributed by atoms with Crippen molar-refractivity contribution < 1.29 is 4.79 Å². The average molecular weight is 180 g/mol. The molecule has 1 rings (SSSR count). The summed E-state index contributed by atoms with van der Waals surface area (Å²) < 4.78 is 0. The average Bonchev–Trinajstić information content (AvgIpc) is 2.41. The van der Waals surface area contributed by atoms with Gasteiger partial charge in [-0.2, -0.15) is 0 Å². The van der Waals surface area contributed by atoms with Gasteiger partial charge in [0.2, 0.25) is 5.91 Å². The van der Waals surface area contributed by atoms with Gasteiger partial charge in [-0.15, -0.1) is 0 Å². The fraction of sp³-hybridized carbons (Fsp3) is 0.500. The molecule has 0 radical (unpaired) electrons. The SMILES string of the molecule is CCC(=O)NCc1cc(C)[nH]c1C. The Bertz CT molecular complexity index is 302. The maximum absolute atomic E-state index is 11.0. The zero-order chi connectivity index (χ0) is 9.84. The number of amides is 1. The van der Waals surface area contributed by atoms with E-state index < -0.39 is 0 Å². The van der Waals surface area contributed by atoms with E-state index in [9.17, 15) is 4.79 Å². The molecule has 3 heteroatoms. The van der Waals surface area contributed by atoms with Crippen molar-refractivity contribution in [1.29, 1.82) is 0 Å². The first kappa shape index (κ1) is 9.84. The Labute approximate surface area is 78.5 Å². The van der Waals surface area contributed by atoms with Crippen LogP contribution in [0.15, 0.2) is 6.07 Å². The number of carbonyl (C=O) groups excluding carboxylic acids is 1. The molecule has 0 spiro atoms. The minimum atomic E-state index is 0.0956. The Hall–Kier alpha value is -1.25. The third kappa shape index (κ3) is 2.61. The van der Waals surface area contributed by atoms with Gasteiger partial charge < -0.3 is 10.3 Å². The van der Waals surface area contributed by atoms with Gasteiger partial charge in [0.05, 0.1) is 0 Å². The maximum Gasteiger partial charge on any atom is 0.219 e. The second-order valence-electron chi connectivity index (χ2n) is 3.23. The Balaban J connectivity index is 2.54. The van der Waals surface area contributed by atoms with Gasteiger partial charge in [-0.05, 0) is 25.5 Å². The van der Waals surface area contributed by atoms with Crippen molar-refractivity contribution in [2.45, 2.75) is 33.7 Å². The smallest absolute Gasteiger partial charge is 0.219 e. The Morgan fingerprint density at radius 2 is 2.23 bits per heavy atom. The van der Waals surface area contributed by atoms with Crippen molar-refractivity contribution in [2.75, 3.05) is 0 Å². The van der Waals surface area contributed by atoms with E-state index in [4.69, 9.17) is 0 Å². The first-order valence-corrected chi connectivity index (χ1v) is 4.55. The summed E-state index contributed by atoms with van der Waals surface area (Å²) in [5.41, 5.74) is 3.44. The second kappa shape index (κ2) is 4.12. The number of aromatic nitrogens is 1. The van der Waals surface area contributed by atoms with Gasteiger partial charge in [0, 0.05) is 24.4 Å². The first-order chi connectivity index (χ1) is 6.13. The second-order valence-corrected chi connectivity index (χ2v) is 3.23. The lowest BCUT2D eigenvalue weighted by molar-refractivity contribution is -0.120. The molecule has 0 aliphatic carbocycles.